The number of ether oxygens (including phenoxy) is 2. The van der Waals surface area contributed by atoms with Gasteiger partial charge in [0.2, 0.25) is 12.7 Å². The van der Waals surface area contributed by atoms with Gasteiger partial charge in [0.25, 0.3) is 5.22 Å². The average molecular weight is 398 g/mol. The average Bonchev–Trinajstić information content (AvgIpc) is 3.34. The van der Waals surface area contributed by atoms with Crippen LogP contribution in [0.15, 0.2) is 38.8 Å². The second-order valence-corrected chi connectivity index (χ2v) is 7.18. The Morgan fingerprint density at radius 2 is 1.96 bits per heavy atom. The highest BCUT2D eigenvalue weighted by atomic mass is 32.2. The molecule has 4 rings (SSSR count). The van der Waals surface area contributed by atoms with Gasteiger partial charge >= 0.3 is 0 Å². The number of carbonyl (C=O) groups excluding carboxylic acids is 1. The number of hydrogen-bond acceptors (Lipinski definition) is 8. The summed E-state index contributed by atoms with van der Waals surface area (Å²) in [7, 11) is 0. The minimum absolute atomic E-state index is 0.0189. The molecule has 0 atom stereocenters. The highest BCUT2D eigenvalue weighted by Gasteiger charge is 2.17. The fourth-order valence-electron chi connectivity index (χ4n) is 3.04. The van der Waals surface area contributed by atoms with Crippen LogP contribution >= 0.6 is 11.8 Å². The van der Waals surface area contributed by atoms with Gasteiger partial charge in [0.15, 0.2) is 11.5 Å². The molecule has 0 unspecified atom stereocenters. The van der Waals surface area contributed by atoms with E-state index in [2.05, 4.69) is 10.2 Å². The zero-order chi connectivity index (χ0) is 19.8. The predicted octanol–water partition coefficient (Wildman–Crippen LogP) is 2.40. The van der Waals surface area contributed by atoms with Crippen molar-refractivity contribution in [3.8, 4) is 17.2 Å². The van der Waals surface area contributed by atoms with E-state index in [1.165, 1.54) is 0 Å². The van der Waals surface area contributed by atoms with Gasteiger partial charge in [-0.15, -0.1) is 10.2 Å². The van der Waals surface area contributed by atoms with Gasteiger partial charge in [-0.25, -0.2) is 0 Å². The molecular weight excluding hydrogens is 382 g/mol. The molecule has 2 aromatic heterocycles. The van der Waals surface area contributed by atoms with Crippen molar-refractivity contribution in [1.82, 2.24) is 14.8 Å². The Bertz CT molecular complexity index is 1100. The lowest BCUT2D eigenvalue weighted by molar-refractivity contribution is -0.298. The molecule has 144 valence electrons. The minimum Gasteiger partial charge on any atom is -0.544 e. The van der Waals surface area contributed by atoms with Crippen LogP contribution in [0, 0.1) is 20.8 Å². The second kappa shape index (κ2) is 7.08. The van der Waals surface area contributed by atoms with Crippen LogP contribution in [-0.2, 0) is 4.79 Å². The van der Waals surface area contributed by atoms with E-state index in [1.54, 1.807) is 13.0 Å². The Labute approximate surface area is 164 Å². The number of carboxylic acid groups (broad SMARTS) is 1. The van der Waals surface area contributed by atoms with E-state index in [9.17, 15) is 9.90 Å². The number of thioether (sulfide) groups is 1. The van der Waals surface area contributed by atoms with E-state index in [0.717, 1.165) is 34.4 Å². The lowest BCUT2D eigenvalue weighted by Crippen LogP contribution is -2.23. The zero-order valence-electron chi connectivity index (χ0n) is 15.4. The number of hydrogen-bond donors (Lipinski definition) is 0. The summed E-state index contributed by atoms with van der Waals surface area (Å²) in [6.45, 7) is 5.70. The van der Waals surface area contributed by atoms with Gasteiger partial charge in [-0.3, -0.25) is 0 Å². The smallest absolute Gasteiger partial charge is 0.281 e. The van der Waals surface area contributed by atoms with E-state index in [-0.39, 0.29) is 16.9 Å². The predicted molar refractivity (Wildman–Crippen MR) is 99.2 cm³/mol. The van der Waals surface area contributed by atoms with Crippen LogP contribution < -0.4 is 14.6 Å². The standard InChI is InChI=1S/C19H17N3O5S/c1-10-6-13(7-17(18(23)24)28-19-21-20-12(3)27-19)11(2)22(10)14-4-5-15-16(8-14)26-9-25-15/h4-8H,9H2,1-3H3,(H,23,24)/p-1/b17-7+. The van der Waals surface area contributed by atoms with Crippen LogP contribution in [0.4, 0.5) is 0 Å². The van der Waals surface area contributed by atoms with E-state index in [1.807, 2.05) is 42.7 Å². The number of aryl methyl sites for hydroxylation is 2. The van der Waals surface area contributed by atoms with Crippen molar-refractivity contribution >= 4 is 23.8 Å². The molecule has 8 nitrogen and oxygen atoms in total. The summed E-state index contributed by atoms with van der Waals surface area (Å²) in [5.41, 5.74) is 3.46. The molecule has 0 amide bonds. The Kier molecular flexibility index (Phi) is 4.60. The fraction of sp³-hybridized carbons (Fsp3) is 0.211. The summed E-state index contributed by atoms with van der Waals surface area (Å²) in [6, 6.07) is 7.58. The van der Waals surface area contributed by atoms with Gasteiger partial charge in [-0.05, 0) is 55.4 Å². The summed E-state index contributed by atoms with van der Waals surface area (Å²) in [5.74, 6) is 0.437. The first-order chi connectivity index (χ1) is 13.4. The summed E-state index contributed by atoms with van der Waals surface area (Å²) < 4.78 is 18.1. The molecule has 1 aliphatic heterocycles. The number of fused-ring (bicyclic) bond motifs is 1. The van der Waals surface area contributed by atoms with Crippen LogP contribution in [0.3, 0.4) is 0 Å². The summed E-state index contributed by atoms with van der Waals surface area (Å²) >= 11 is 0.861. The number of nitrogens with zero attached hydrogens (tertiary/aromatic N) is 3. The second-order valence-electron chi connectivity index (χ2n) is 6.18. The van der Waals surface area contributed by atoms with Gasteiger partial charge in [-0.1, -0.05) is 0 Å². The Morgan fingerprint density at radius 1 is 1.18 bits per heavy atom. The maximum atomic E-state index is 11.6. The first kappa shape index (κ1) is 18.2. The van der Waals surface area contributed by atoms with E-state index in [4.69, 9.17) is 13.9 Å². The first-order valence-corrected chi connectivity index (χ1v) is 9.24. The third-order valence-corrected chi connectivity index (χ3v) is 5.12. The summed E-state index contributed by atoms with van der Waals surface area (Å²) in [5, 5.41) is 19.3. The lowest BCUT2D eigenvalue weighted by atomic mass is 10.2. The van der Waals surface area contributed by atoms with Crippen LogP contribution in [-0.4, -0.2) is 27.5 Å². The molecule has 9 heteroatoms. The van der Waals surface area contributed by atoms with Crippen LogP contribution in [0.25, 0.3) is 11.8 Å². The Balaban J connectivity index is 1.71. The normalized spacial score (nSPS) is 13.2. The lowest BCUT2D eigenvalue weighted by Gasteiger charge is -2.11. The van der Waals surface area contributed by atoms with Crippen molar-refractivity contribution in [2.75, 3.05) is 6.79 Å². The molecule has 0 bridgehead atoms. The quantitative estimate of drug-likeness (QED) is 0.477. The molecule has 3 aromatic rings. The molecule has 0 saturated heterocycles. The maximum absolute atomic E-state index is 11.6. The number of rotatable bonds is 5. The third kappa shape index (κ3) is 3.36. The zero-order valence-corrected chi connectivity index (χ0v) is 16.2. The molecule has 1 aliphatic rings. The van der Waals surface area contributed by atoms with Gasteiger partial charge in [0.1, 0.15) is 0 Å². The van der Waals surface area contributed by atoms with Gasteiger partial charge in [0.05, 0.1) is 5.97 Å². The molecule has 28 heavy (non-hydrogen) atoms. The molecule has 0 saturated carbocycles. The largest absolute Gasteiger partial charge is 0.544 e. The Morgan fingerprint density at radius 3 is 2.68 bits per heavy atom. The first-order valence-electron chi connectivity index (χ1n) is 8.42. The summed E-state index contributed by atoms with van der Waals surface area (Å²) in [6.07, 6.45) is 1.55. The number of carboxylic acids is 1. The minimum atomic E-state index is -1.31. The van der Waals surface area contributed by atoms with Crippen molar-refractivity contribution in [2.45, 2.75) is 26.0 Å². The molecule has 3 heterocycles. The topological polar surface area (TPSA) is 102 Å². The maximum Gasteiger partial charge on any atom is 0.281 e. The van der Waals surface area contributed by atoms with Crippen molar-refractivity contribution in [1.29, 1.82) is 0 Å². The van der Waals surface area contributed by atoms with Crippen molar-refractivity contribution in [2.24, 2.45) is 0 Å². The number of aromatic nitrogens is 3. The number of benzene rings is 1. The van der Waals surface area contributed by atoms with Crippen LogP contribution in [0.5, 0.6) is 11.5 Å². The van der Waals surface area contributed by atoms with Crippen LogP contribution in [0.2, 0.25) is 0 Å². The number of carbonyl (C=O) groups is 1. The monoisotopic (exact) mass is 398 g/mol. The van der Waals surface area contributed by atoms with Crippen molar-refractivity contribution < 1.29 is 23.8 Å². The van der Waals surface area contributed by atoms with Crippen LogP contribution in [0.1, 0.15) is 22.8 Å². The third-order valence-electron chi connectivity index (χ3n) is 4.28. The van der Waals surface area contributed by atoms with Crippen molar-refractivity contribution in [3.05, 3.63) is 52.0 Å². The van der Waals surface area contributed by atoms with E-state index < -0.39 is 5.97 Å². The molecule has 0 N–H and O–H groups in total. The van der Waals surface area contributed by atoms with Gasteiger partial charge < -0.3 is 28.4 Å². The molecule has 0 spiro atoms. The van der Waals surface area contributed by atoms with E-state index in [0.29, 0.717) is 17.4 Å². The SMILES string of the molecule is Cc1nnc(S/C(=C/c2cc(C)n(-c3ccc4c(c3)OCO4)c2C)C(=O)[O-])o1. The summed E-state index contributed by atoms with van der Waals surface area (Å²) in [4.78, 5) is 11.6. The van der Waals surface area contributed by atoms with Gasteiger partial charge in [-0.2, -0.15) is 0 Å². The molecule has 0 aliphatic carbocycles. The van der Waals surface area contributed by atoms with Gasteiger partial charge in [0, 0.05) is 35.0 Å². The Hall–Kier alpha value is -3.20. The van der Waals surface area contributed by atoms with Crippen molar-refractivity contribution in [3.63, 3.8) is 0 Å². The molecule has 0 radical (unpaired) electrons. The molecule has 1 aromatic carbocycles. The molecular formula is C19H16N3O5S-. The van der Waals surface area contributed by atoms with E-state index >= 15 is 0 Å². The number of aliphatic carboxylic acids is 1. The highest BCUT2D eigenvalue weighted by molar-refractivity contribution is 8.03. The fourth-order valence-corrected chi connectivity index (χ4v) is 3.74. The molecule has 0 fully saturated rings. The highest BCUT2D eigenvalue weighted by Crippen LogP contribution is 2.35.